The van der Waals surface area contributed by atoms with Crippen molar-refractivity contribution in [2.24, 2.45) is 0 Å². The molecule has 1 aliphatic heterocycles. The first kappa shape index (κ1) is 11.6. The Hall–Kier alpha value is -0.860. The molecular weight excluding hydrogens is 196 g/mol. The highest BCUT2D eigenvalue weighted by molar-refractivity contribution is 5.20. The molecule has 16 heavy (non-hydrogen) atoms. The number of hydrogen-bond donors (Lipinski definition) is 2. The highest BCUT2D eigenvalue weighted by atomic mass is 15.3. The summed E-state index contributed by atoms with van der Waals surface area (Å²) in [5.74, 6) is 0. The van der Waals surface area contributed by atoms with Crippen molar-refractivity contribution in [2.75, 3.05) is 32.7 Å². The number of rotatable bonds is 3. The molecule has 0 amide bonds. The Balaban J connectivity index is 1.84. The minimum atomic E-state index is 1.21. The molecule has 0 aliphatic carbocycles. The molecule has 1 fully saturated rings. The Morgan fingerprint density at radius 1 is 0.938 bits per heavy atom. The molecule has 2 rings (SSSR count). The van der Waals surface area contributed by atoms with Crippen LogP contribution in [0.15, 0.2) is 24.3 Å². The van der Waals surface area contributed by atoms with Crippen LogP contribution in [0.3, 0.4) is 0 Å². The maximum absolute atomic E-state index is 2.29. The van der Waals surface area contributed by atoms with Crippen LogP contribution in [0.2, 0.25) is 0 Å². The summed E-state index contributed by atoms with van der Waals surface area (Å²) in [6.07, 6.45) is 0. The molecule has 1 heterocycles. The first-order valence-electron chi connectivity index (χ1n) is 6.50. The van der Waals surface area contributed by atoms with E-state index in [4.69, 9.17) is 0 Å². The van der Waals surface area contributed by atoms with E-state index in [0.717, 1.165) is 0 Å². The molecule has 0 radical (unpaired) electrons. The van der Waals surface area contributed by atoms with E-state index in [0.29, 0.717) is 0 Å². The molecule has 0 atom stereocenters. The first-order valence-corrected chi connectivity index (χ1v) is 6.50. The molecular formula is C14H24N2+2. The van der Waals surface area contributed by atoms with E-state index in [-0.39, 0.29) is 0 Å². The van der Waals surface area contributed by atoms with Gasteiger partial charge in [0.1, 0.15) is 32.7 Å². The van der Waals surface area contributed by atoms with Crippen LogP contribution in [0.1, 0.15) is 18.1 Å². The zero-order valence-electron chi connectivity index (χ0n) is 10.6. The molecule has 0 aromatic heterocycles. The van der Waals surface area contributed by atoms with Crippen molar-refractivity contribution >= 4 is 0 Å². The average Bonchev–Trinajstić information content (AvgIpc) is 2.33. The fraction of sp³-hybridized carbons (Fsp3) is 0.571. The number of aryl methyl sites for hydroxylation is 1. The smallest absolute Gasteiger partial charge is 0.127 e. The van der Waals surface area contributed by atoms with Gasteiger partial charge in [0.25, 0.3) is 0 Å². The van der Waals surface area contributed by atoms with Gasteiger partial charge in [-0.1, -0.05) is 29.8 Å². The van der Waals surface area contributed by atoms with Crippen molar-refractivity contribution in [3.05, 3.63) is 35.4 Å². The van der Waals surface area contributed by atoms with Gasteiger partial charge in [-0.25, -0.2) is 0 Å². The Morgan fingerprint density at radius 3 is 2.06 bits per heavy atom. The van der Waals surface area contributed by atoms with E-state index >= 15 is 0 Å². The van der Waals surface area contributed by atoms with Gasteiger partial charge in [0.15, 0.2) is 0 Å². The summed E-state index contributed by atoms with van der Waals surface area (Å²) in [6, 6.07) is 9.01. The Morgan fingerprint density at radius 2 is 1.50 bits per heavy atom. The molecule has 0 bridgehead atoms. The van der Waals surface area contributed by atoms with Gasteiger partial charge in [-0.3, -0.25) is 0 Å². The molecule has 2 heteroatoms. The second-order valence-corrected chi connectivity index (χ2v) is 5.02. The summed E-state index contributed by atoms with van der Waals surface area (Å²) >= 11 is 0. The Kier molecular flexibility index (Phi) is 3.97. The quantitative estimate of drug-likeness (QED) is 0.666. The molecule has 1 aliphatic rings. The molecule has 2 nitrogen and oxygen atoms in total. The van der Waals surface area contributed by atoms with Gasteiger partial charge < -0.3 is 9.80 Å². The number of nitrogens with one attached hydrogen (secondary N) is 2. The molecule has 0 spiro atoms. The predicted octanol–water partition coefficient (Wildman–Crippen LogP) is -0.702. The SMILES string of the molecule is CC[NH+]1CC[NH+](Cc2ccc(C)cc2)CC1. The number of likely N-dealkylation sites (N-methyl/N-ethyl adjacent to an activating group) is 1. The van der Waals surface area contributed by atoms with E-state index in [1.165, 1.54) is 50.4 Å². The molecule has 1 saturated heterocycles. The van der Waals surface area contributed by atoms with Crippen molar-refractivity contribution in [2.45, 2.75) is 20.4 Å². The van der Waals surface area contributed by atoms with Crippen LogP contribution < -0.4 is 9.80 Å². The number of quaternary nitrogens is 2. The van der Waals surface area contributed by atoms with Crippen LogP contribution in [0, 0.1) is 6.92 Å². The molecule has 0 unspecified atom stereocenters. The van der Waals surface area contributed by atoms with Crippen molar-refractivity contribution in [1.29, 1.82) is 0 Å². The van der Waals surface area contributed by atoms with E-state index in [1.54, 1.807) is 9.80 Å². The van der Waals surface area contributed by atoms with Gasteiger partial charge in [0, 0.05) is 5.56 Å². The van der Waals surface area contributed by atoms with Crippen LogP contribution >= 0.6 is 0 Å². The largest absolute Gasteiger partial charge is 0.326 e. The van der Waals surface area contributed by atoms with E-state index < -0.39 is 0 Å². The summed E-state index contributed by atoms with van der Waals surface area (Å²) in [6.45, 7) is 12.3. The number of piperazine rings is 1. The third-order valence-electron chi connectivity index (χ3n) is 3.74. The predicted molar refractivity (Wildman–Crippen MR) is 66.8 cm³/mol. The zero-order chi connectivity index (χ0) is 11.4. The van der Waals surface area contributed by atoms with Crippen molar-refractivity contribution < 1.29 is 9.80 Å². The highest BCUT2D eigenvalue weighted by Crippen LogP contribution is 2.01. The molecule has 88 valence electrons. The van der Waals surface area contributed by atoms with E-state index in [9.17, 15) is 0 Å². The third kappa shape index (κ3) is 3.06. The maximum Gasteiger partial charge on any atom is 0.127 e. The van der Waals surface area contributed by atoms with Crippen LogP contribution in [0.25, 0.3) is 0 Å². The molecule has 2 N–H and O–H groups in total. The normalized spacial score (nSPS) is 25.6. The third-order valence-corrected chi connectivity index (χ3v) is 3.74. The lowest BCUT2D eigenvalue weighted by atomic mass is 10.1. The molecule has 1 aromatic carbocycles. The molecule has 0 saturated carbocycles. The minimum Gasteiger partial charge on any atom is -0.326 e. The summed E-state index contributed by atoms with van der Waals surface area (Å²) in [7, 11) is 0. The summed E-state index contributed by atoms with van der Waals surface area (Å²) in [5, 5.41) is 0. The monoisotopic (exact) mass is 220 g/mol. The summed E-state index contributed by atoms with van der Waals surface area (Å²) in [5.41, 5.74) is 2.85. The lowest BCUT2D eigenvalue weighted by Gasteiger charge is -2.29. The molecule has 1 aromatic rings. The Labute approximate surface area is 98.9 Å². The second kappa shape index (κ2) is 5.46. The zero-order valence-corrected chi connectivity index (χ0v) is 10.6. The van der Waals surface area contributed by atoms with Crippen LogP contribution in [-0.4, -0.2) is 32.7 Å². The number of hydrogen-bond acceptors (Lipinski definition) is 0. The fourth-order valence-corrected chi connectivity index (χ4v) is 2.48. The van der Waals surface area contributed by atoms with Gasteiger partial charge in [0.2, 0.25) is 0 Å². The van der Waals surface area contributed by atoms with Crippen molar-refractivity contribution in [3.8, 4) is 0 Å². The van der Waals surface area contributed by atoms with E-state index in [1.807, 2.05) is 0 Å². The van der Waals surface area contributed by atoms with Crippen molar-refractivity contribution in [3.63, 3.8) is 0 Å². The lowest BCUT2D eigenvalue weighted by molar-refractivity contribution is -1.02. The Bertz CT molecular complexity index is 310. The van der Waals surface area contributed by atoms with Gasteiger partial charge in [0.05, 0.1) is 6.54 Å². The fourth-order valence-electron chi connectivity index (χ4n) is 2.48. The number of benzene rings is 1. The van der Waals surface area contributed by atoms with Crippen LogP contribution in [0.5, 0.6) is 0 Å². The van der Waals surface area contributed by atoms with Crippen LogP contribution in [-0.2, 0) is 6.54 Å². The maximum atomic E-state index is 2.29. The summed E-state index contributed by atoms with van der Waals surface area (Å²) in [4.78, 5) is 3.52. The van der Waals surface area contributed by atoms with Gasteiger partial charge in [-0.05, 0) is 13.8 Å². The van der Waals surface area contributed by atoms with Crippen LogP contribution in [0.4, 0.5) is 0 Å². The first-order chi connectivity index (χ1) is 7.78. The van der Waals surface area contributed by atoms with Crippen molar-refractivity contribution in [1.82, 2.24) is 0 Å². The van der Waals surface area contributed by atoms with Gasteiger partial charge >= 0.3 is 0 Å². The second-order valence-electron chi connectivity index (χ2n) is 5.02. The lowest BCUT2D eigenvalue weighted by Crippen LogP contribution is -3.27. The summed E-state index contributed by atoms with van der Waals surface area (Å²) < 4.78 is 0. The van der Waals surface area contributed by atoms with Gasteiger partial charge in [-0.2, -0.15) is 0 Å². The standard InChI is InChI=1S/C14H22N2/c1-3-15-8-10-16(11-9-15)12-14-6-4-13(2)5-7-14/h4-7H,3,8-12H2,1-2H3/p+2. The topological polar surface area (TPSA) is 8.88 Å². The minimum absolute atomic E-state index is 1.21. The van der Waals surface area contributed by atoms with E-state index in [2.05, 4.69) is 38.1 Å². The highest BCUT2D eigenvalue weighted by Gasteiger charge is 2.21. The average molecular weight is 220 g/mol. The van der Waals surface area contributed by atoms with Gasteiger partial charge in [-0.15, -0.1) is 0 Å².